The number of phenolic OH excluding ortho intramolecular Hbond substituents is 2. The molecule has 96 valence electrons. The zero-order valence-electron chi connectivity index (χ0n) is 9.53. The van der Waals surface area contributed by atoms with Gasteiger partial charge in [0, 0.05) is 6.08 Å². The highest BCUT2D eigenvalue weighted by molar-refractivity contribution is 5.95. The summed E-state index contributed by atoms with van der Waals surface area (Å²) >= 11 is 0. The van der Waals surface area contributed by atoms with Gasteiger partial charge in [0.1, 0.15) is 6.10 Å². The Kier molecular flexibility index (Phi) is 4.45. The van der Waals surface area contributed by atoms with Gasteiger partial charge in [0.15, 0.2) is 11.5 Å². The molecule has 1 aromatic rings. The average Bonchev–Trinajstić information content (AvgIpc) is 2.30. The third-order valence-corrected chi connectivity index (χ3v) is 1.95. The van der Waals surface area contributed by atoms with Crippen LogP contribution in [0.15, 0.2) is 24.3 Å². The van der Waals surface area contributed by atoms with Crippen LogP contribution in [0.1, 0.15) is 12.5 Å². The van der Waals surface area contributed by atoms with E-state index in [1.807, 2.05) is 0 Å². The molecule has 0 aliphatic carbocycles. The van der Waals surface area contributed by atoms with Gasteiger partial charge < -0.3 is 20.1 Å². The first-order valence-corrected chi connectivity index (χ1v) is 5.04. The number of phenols is 2. The van der Waals surface area contributed by atoms with Crippen molar-refractivity contribution in [3.8, 4) is 11.5 Å². The molecule has 0 radical (unpaired) electrons. The molecule has 1 atom stereocenters. The molecule has 0 fully saturated rings. The van der Waals surface area contributed by atoms with Crippen molar-refractivity contribution in [1.82, 2.24) is 0 Å². The summed E-state index contributed by atoms with van der Waals surface area (Å²) in [5, 5.41) is 27.1. The molecule has 1 unspecified atom stereocenters. The van der Waals surface area contributed by atoms with E-state index in [4.69, 9.17) is 10.2 Å². The maximum Gasteiger partial charge on any atom is 0.342 e. The lowest BCUT2D eigenvalue weighted by atomic mass is 10.2. The Bertz CT molecular complexity index is 489. The molecule has 0 bridgehead atoms. The minimum atomic E-state index is -1.37. The lowest BCUT2D eigenvalue weighted by Gasteiger charge is -2.01. The first-order chi connectivity index (χ1) is 8.40. The van der Waals surface area contributed by atoms with Crippen LogP contribution in [0.5, 0.6) is 11.5 Å². The van der Waals surface area contributed by atoms with Gasteiger partial charge in [0.25, 0.3) is 0 Å². The number of carbonyl (C=O) groups is 2. The standard InChI is InChI=1S/C12H12O6/c1-7(13)12(17)18-11(16)5-3-8-2-4-9(14)10(15)6-8/h2-7,13-15H,1H3. The number of carbonyl (C=O) groups excluding carboxylic acids is 2. The van der Waals surface area contributed by atoms with E-state index in [1.54, 1.807) is 0 Å². The molecule has 1 rings (SSSR count). The third kappa shape index (κ3) is 3.91. The Hall–Kier alpha value is -2.34. The van der Waals surface area contributed by atoms with Crippen LogP contribution in [0.25, 0.3) is 6.08 Å². The van der Waals surface area contributed by atoms with E-state index in [1.165, 1.54) is 31.2 Å². The van der Waals surface area contributed by atoms with E-state index in [0.29, 0.717) is 5.56 Å². The molecule has 0 saturated heterocycles. The number of rotatable bonds is 3. The zero-order chi connectivity index (χ0) is 13.7. The van der Waals surface area contributed by atoms with Crippen LogP contribution in [0, 0.1) is 0 Å². The second-order valence-electron chi connectivity index (χ2n) is 3.50. The van der Waals surface area contributed by atoms with Crippen molar-refractivity contribution in [2.24, 2.45) is 0 Å². The fourth-order valence-electron chi connectivity index (χ4n) is 1.03. The number of benzene rings is 1. The highest BCUT2D eigenvalue weighted by Gasteiger charge is 2.13. The lowest BCUT2D eigenvalue weighted by Crippen LogP contribution is -2.21. The van der Waals surface area contributed by atoms with Crippen molar-refractivity contribution in [2.45, 2.75) is 13.0 Å². The van der Waals surface area contributed by atoms with E-state index >= 15 is 0 Å². The molecule has 6 heteroatoms. The Labute approximate surface area is 103 Å². The molecule has 6 nitrogen and oxygen atoms in total. The first kappa shape index (κ1) is 13.7. The number of aliphatic hydroxyl groups excluding tert-OH is 1. The van der Waals surface area contributed by atoms with Crippen molar-refractivity contribution >= 4 is 18.0 Å². The molecule has 0 saturated carbocycles. The van der Waals surface area contributed by atoms with Gasteiger partial charge in [-0.15, -0.1) is 0 Å². The number of aromatic hydroxyl groups is 2. The molecule has 3 N–H and O–H groups in total. The summed E-state index contributed by atoms with van der Waals surface area (Å²) in [6.45, 7) is 1.18. The SMILES string of the molecule is CC(O)C(=O)OC(=O)C=Cc1ccc(O)c(O)c1. The molecular weight excluding hydrogens is 240 g/mol. The Balaban J connectivity index is 2.66. The topological polar surface area (TPSA) is 104 Å². The number of ether oxygens (including phenoxy) is 1. The van der Waals surface area contributed by atoms with Gasteiger partial charge in [-0.1, -0.05) is 6.07 Å². The van der Waals surface area contributed by atoms with E-state index in [-0.39, 0.29) is 11.5 Å². The highest BCUT2D eigenvalue weighted by atomic mass is 16.6. The van der Waals surface area contributed by atoms with E-state index in [2.05, 4.69) is 4.74 Å². The van der Waals surface area contributed by atoms with E-state index in [9.17, 15) is 14.7 Å². The molecule has 0 aliphatic rings. The lowest BCUT2D eigenvalue weighted by molar-refractivity contribution is -0.162. The molecule has 0 heterocycles. The number of hydrogen-bond donors (Lipinski definition) is 3. The Morgan fingerprint density at radius 3 is 2.50 bits per heavy atom. The predicted molar refractivity (Wildman–Crippen MR) is 61.6 cm³/mol. The van der Waals surface area contributed by atoms with Gasteiger partial charge in [0.2, 0.25) is 0 Å². The van der Waals surface area contributed by atoms with Crippen LogP contribution in [-0.4, -0.2) is 33.4 Å². The van der Waals surface area contributed by atoms with Crippen molar-refractivity contribution in [1.29, 1.82) is 0 Å². The van der Waals surface area contributed by atoms with E-state index in [0.717, 1.165) is 6.08 Å². The van der Waals surface area contributed by atoms with Gasteiger partial charge in [0.05, 0.1) is 0 Å². The maximum absolute atomic E-state index is 11.1. The summed E-state index contributed by atoms with van der Waals surface area (Å²) in [4.78, 5) is 22.0. The largest absolute Gasteiger partial charge is 0.504 e. The third-order valence-electron chi connectivity index (χ3n) is 1.95. The minimum Gasteiger partial charge on any atom is -0.504 e. The zero-order valence-corrected chi connectivity index (χ0v) is 9.53. The number of esters is 2. The Morgan fingerprint density at radius 1 is 1.28 bits per heavy atom. The van der Waals surface area contributed by atoms with Gasteiger partial charge in [-0.2, -0.15) is 0 Å². The summed E-state index contributed by atoms with van der Waals surface area (Å²) in [6, 6.07) is 3.94. The van der Waals surface area contributed by atoms with Crippen molar-refractivity contribution in [2.75, 3.05) is 0 Å². The van der Waals surface area contributed by atoms with Crippen LogP contribution in [-0.2, 0) is 14.3 Å². The highest BCUT2D eigenvalue weighted by Crippen LogP contribution is 2.25. The maximum atomic E-state index is 11.1. The van der Waals surface area contributed by atoms with Crippen LogP contribution in [0.4, 0.5) is 0 Å². The van der Waals surface area contributed by atoms with Gasteiger partial charge >= 0.3 is 11.9 Å². The molecule has 0 aliphatic heterocycles. The van der Waals surface area contributed by atoms with Crippen LogP contribution in [0.3, 0.4) is 0 Å². The van der Waals surface area contributed by atoms with Gasteiger partial charge in [-0.05, 0) is 30.7 Å². The quantitative estimate of drug-likeness (QED) is 0.314. The van der Waals surface area contributed by atoms with Crippen molar-refractivity contribution < 1.29 is 29.6 Å². The molecular formula is C12H12O6. The van der Waals surface area contributed by atoms with Crippen LogP contribution < -0.4 is 0 Å². The second kappa shape index (κ2) is 5.83. The van der Waals surface area contributed by atoms with Crippen LogP contribution >= 0.6 is 0 Å². The summed E-state index contributed by atoms with van der Waals surface area (Å²) in [7, 11) is 0. The first-order valence-electron chi connectivity index (χ1n) is 5.04. The fraction of sp³-hybridized carbons (Fsp3) is 0.167. The van der Waals surface area contributed by atoms with Crippen molar-refractivity contribution in [3.63, 3.8) is 0 Å². The number of aliphatic hydroxyl groups is 1. The van der Waals surface area contributed by atoms with Crippen LogP contribution in [0.2, 0.25) is 0 Å². The summed E-state index contributed by atoms with van der Waals surface area (Å²) < 4.78 is 4.26. The van der Waals surface area contributed by atoms with Crippen molar-refractivity contribution in [3.05, 3.63) is 29.8 Å². The molecule has 1 aromatic carbocycles. The smallest absolute Gasteiger partial charge is 0.342 e. The molecule has 0 amide bonds. The average molecular weight is 252 g/mol. The summed E-state index contributed by atoms with van der Waals surface area (Å²) in [5.41, 5.74) is 0.437. The molecule has 18 heavy (non-hydrogen) atoms. The second-order valence-corrected chi connectivity index (χ2v) is 3.50. The van der Waals surface area contributed by atoms with Gasteiger partial charge in [-0.3, -0.25) is 0 Å². The van der Waals surface area contributed by atoms with E-state index < -0.39 is 18.0 Å². The summed E-state index contributed by atoms with van der Waals surface area (Å²) in [5.74, 6) is -2.59. The normalized spacial score (nSPS) is 12.3. The molecule has 0 spiro atoms. The summed E-state index contributed by atoms with van der Waals surface area (Å²) in [6.07, 6.45) is 0.878. The predicted octanol–water partition coefficient (Wildman–Crippen LogP) is 0.562. The Morgan fingerprint density at radius 2 is 1.94 bits per heavy atom. The fourth-order valence-corrected chi connectivity index (χ4v) is 1.03. The molecule has 0 aromatic heterocycles. The minimum absolute atomic E-state index is 0.279. The van der Waals surface area contributed by atoms with Gasteiger partial charge in [-0.25, -0.2) is 9.59 Å². The monoisotopic (exact) mass is 252 g/mol. The number of hydrogen-bond acceptors (Lipinski definition) is 6.